The summed E-state index contributed by atoms with van der Waals surface area (Å²) in [5.74, 6) is 2.37. The molecule has 4 nitrogen and oxygen atoms in total. The summed E-state index contributed by atoms with van der Waals surface area (Å²) in [4.78, 5) is 4.63. The molecular weight excluding hydrogens is 348 g/mol. The van der Waals surface area contributed by atoms with Crippen molar-refractivity contribution in [1.29, 1.82) is 0 Å². The lowest BCUT2D eigenvalue weighted by Crippen LogP contribution is -2.20. The third kappa shape index (κ3) is 5.11. The van der Waals surface area contributed by atoms with Gasteiger partial charge in [-0.25, -0.2) is 4.98 Å². The van der Waals surface area contributed by atoms with Crippen molar-refractivity contribution in [2.24, 2.45) is 0 Å². The minimum absolute atomic E-state index is 0.297. The lowest BCUT2D eigenvalue weighted by atomic mass is 10.0. The summed E-state index contributed by atoms with van der Waals surface area (Å²) in [6.45, 7) is 9.40. The maximum atomic E-state index is 5.91. The van der Waals surface area contributed by atoms with Gasteiger partial charge < -0.3 is 14.5 Å². The maximum absolute atomic E-state index is 5.91. The van der Waals surface area contributed by atoms with E-state index in [1.807, 2.05) is 55.5 Å². The quantitative estimate of drug-likeness (QED) is 0.475. The van der Waals surface area contributed by atoms with E-state index in [-0.39, 0.29) is 0 Å². The lowest BCUT2D eigenvalue weighted by molar-refractivity contribution is 0.319. The van der Waals surface area contributed by atoms with Crippen molar-refractivity contribution < 1.29 is 9.15 Å². The summed E-state index contributed by atoms with van der Waals surface area (Å²) in [6.07, 6.45) is 3.56. The van der Waals surface area contributed by atoms with Gasteiger partial charge in [-0.05, 0) is 49.7 Å². The molecule has 2 aromatic carbocycles. The van der Waals surface area contributed by atoms with Gasteiger partial charge in [0.25, 0.3) is 0 Å². The standard InChI is InChI=1S/C24H28N2O2/c1-4-9-23(25-5-2)19-12-14-21(15-13-19)27-17-16-22-18(3)28-24(26-22)20-10-7-6-8-11-20/h4,6-8,10-15,23,25H,1,5,9,16-17H2,2-3H3. The molecule has 28 heavy (non-hydrogen) atoms. The molecule has 1 atom stereocenters. The molecule has 0 aliphatic carbocycles. The zero-order valence-corrected chi connectivity index (χ0v) is 16.7. The highest BCUT2D eigenvalue weighted by Crippen LogP contribution is 2.23. The van der Waals surface area contributed by atoms with E-state index >= 15 is 0 Å². The fourth-order valence-electron chi connectivity index (χ4n) is 3.18. The SMILES string of the molecule is C=CCC(NCC)c1ccc(OCCc2nc(-c3ccccc3)oc2C)cc1. The van der Waals surface area contributed by atoms with E-state index in [1.54, 1.807) is 0 Å². The van der Waals surface area contributed by atoms with Gasteiger partial charge in [-0.1, -0.05) is 43.3 Å². The molecule has 0 radical (unpaired) electrons. The molecular formula is C24H28N2O2. The molecule has 1 unspecified atom stereocenters. The van der Waals surface area contributed by atoms with Gasteiger partial charge in [-0.3, -0.25) is 0 Å². The van der Waals surface area contributed by atoms with E-state index in [2.05, 4.69) is 35.9 Å². The Bertz CT molecular complexity index is 869. The van der Waals surface area contributed by atoms with Crippen LogP contribution in [0.3, 0.4) is 0 Å². The molecule has 146 valence electrons. The number of aromatic nitrogens is 1. The molecule has 1 aromatic heterocycles. The normalized spacial score (nSPS) is 11.9. The molecule has 0 amide bonds. The number of rotatable bonds is 10. The van der Waals surface area contributed by atoms with E-state index in [4.69, 9.17) is 9.15 Å². The Labute approximate surface area is 167 Å². The first-order valence-corrected chi connectivity index (χ1v) is 9.80. The molecule has 0 saturated heterocycles. The minimum Gasteiger partial charge on any atom is -0.493 e. The number of aryl methyl sites for hydroxylation is 1. The van der Waals surface area contributed by atoms with Crippen LogP contribution in [0.4, 0.5) is 0 Å². The zero-order chi connectivity index (χ0) is 19.8. The average Bonchev–Trinajstić information content (AvgIpc) is 3.10. The largest absolute Gasteiger partial charge is 0.493 e. The predicted octanol–water partition coefficient (Wildman–Crippen LogP) is 5.50. The number of hydrogen-bond acceptors (Lipinski definition) is 4. The molecule has 0 saturated carbocycles. The molecule has 0 aliphatic heterocycles. The number of nitrogens with zero attached hydrogens (tertiary/aromatic N) is 1. The molecule has 3 rings (SSSR count). The number of nitrogens with one attached hydrogen (secondary N) is 1. The molecule has 0 fully saturated rings. The highest BCUT2D eigenvalue weighted by atomic mass is 16.5. The van der Waals surface area contributed by atoms with Gasteiger partial charge in [0, 0.05) is 18.0 Å². The Morgan fingerprint density at radius 3 is 2.57 bits per heavy atom. The van der Waals surface area contributed by atoms with Crippen molar-refractivity contribution >= 4 is 0 Å². The van der Waals surface area contributed by atoms with Crippen LogP contribution >= 0.6 is 0 Å². The summed E-state index contributed by atoms with van der Waals surface area (Å²) >= 11 is 0. The van der Waals surface area contributed by atoms with Crippen LogP contribution in [-0.2, 0) is 6.42 Å². The van der Waals surface area contributed by atoms with Crippen molar-refractivity contribution in [3.05, 3.63) is 84.3 Å². The van der Waals surface area contributed by atoms with Crippen LogP contribution in [0.15, 0.2) is 71.7 Å². The molecule has 0 bridgehead atoms. The molecule has 0 spiro atoms. The Kier molecular flexibility index (Phi) is 7.04. The second-order valence-corrected chi connectivity index (χ2v) is 6.69. The topological polar surface area (TPSA) is 47.3 Å². The highest BCUT2D eigenvalue weighted by Gasteiger charge is 2.12. The van der Waals surface area contributed by atoms with Gasteiger partial charge in [-0.2, -0.15) is 0 Å². The second-order valence-electron chi connectivity index (χ2n) is 6.69. The number of ether oxygens (including phenoxy) is 1. The van der Waals surface area contributed by atoms with Gasteiger partial charge >= 0.3 is 0 Å². The first kappa shape index (κ1) is 19.9. The first-order valence-electron chi connectivity index (χ1n) is 9.80. The predicted molar refractivity (Wildman–Crippen MR) is 114 cm³/mol. The van der Waals surface area contributed by atoms with Crippen molar-refractivity contribution in [2.45, 2.75) is 32.7 Å². The number of oxazole rings is 1. The van der Waals surface area contributed by atoms with Crippen LogP contribution in [0.25, 0.3) is 11.5 Å². The Morgan fingerprint density at radius 2 is 1.89 bits per heavy atom. The van der Waals surface area contributed by atoms with Crippen molar-refractivity contribution in [1.82, 2.24) is 10.3 Å². The van der Waals surface area contributed by atoms with Gasteiger partial charge in [-0.15, -0.1) is 6.58 Å². The Hall–Kier alpha value is -2.85. The third-order valence-electron chi connectivity index (χ3n) is 4.66. The van der Waals surface area contributed by atoms with E-state index < -0.39 is 0 Å². The zero-order valence-electron chi connectivity index (χ0n) is 16.7. The highest BCUT2D eigenvalue weighted by molar-refractivity contribution is 5.53. The molecule has 3 aromatic rings. The number of hydrogen-bond donors (Lipinski definition) is 1. The summed E-state index contributed by atoms with van der Waals surface area (Å²) in [5.41, 5.74) is 3.17. The fourth-order valence-corrected chi connectivity index (χ4v) is 3.18. The fraction of sp³-hybridized carbons (Fsp3) is 0.292. The van der Waals surface area contributed by atoms with Gasteiger partial charge in [0.2, 0.25) is 5.89 Å². The number of benzene rings is 2. The van der Waals surface area contributed by atoms with Crippen LogP contribution in [0.1, 0.15) is 36.4 Å². The summed E-state index contributed by atoms with van der Waals surface area (Å²) in [6, 6.07) is 18.5. The van der Waals surface area contributed by atoms with Crippen molar-refractivity contribution in [2.75, 3.05) is 13.2 Å². The van der Waals surface area contributed by atoms with E-state index in [9.17, 15) is 0 Å². The smallest absolute Gasteiger partial charge is 0.226 e. The van der Waals surface area contributed by atoms with E-state index in [0.29, 0.717) is 25.0 Å². The van der Waals surface area contributed by atoms with Crippen LogP contribution < -0.4 is 10.1 Å². The summed E-state index contributed by atoms with van der Waals surface area (Å²) in [5, 5.41) is 3.48. The molecule has 1 heterocycles. The summed E-state index contributed by atoms with van der Waals surface area (Å²) < 4.78 is 11.7. The molecule has 1 N–H and O–H groups in total. The van der Waals surface area contributed by atoms with Gasteiger partial charge in [0.05, 0.1) is 12.3 Å². The van der Waals surface area contributed by atoms with E-state index in [0.717, 1.165) is 35.7 Å². The second kappa shape index (κ2) is 9.90. The van der Waals surface area contributed by atoms with Crippen LogP contribution in [0.5, 0.6) is 5.75 Å². The monoisotopic (exact) mass is 376 g/mol. The molecule has 0 aliphatic rings. The Balaban J connectivity index is 1.56. The van der Waals surface area contributed by atoms with Crippen LogP contribution in [0, 0.1) is 6.92 Å². The Morgan fingerprint density at radius 1 is 1.14 bits per heavy atom. The summed E-state index contributed by atoms with van der Waals surface area (Å²) in [7, 11) is 0. The lowest BCUT2D eigenvalue weighted by Gasteiger charge is -2.17. The molecule has 4 heteroatoms. The van der Waals surface area contributed by atoms with E-state index in [1.165, 1.54) is 5.56 Å². The van der Waals surface area contributed by atoms with Gasteiger partial charge in [0.1, 0.15) is 11.5 Å². The third-order valence-corrected chi connectivity index (χ3v) is 4.66. The van der Waals surface area contributed by atoms with Crippen LogP contribution in [0.2, 0.25) is 0 Å². The van der Waals surface area contributed by atoms with Gasteiger partial charge in [0.15, 0.2) is 0 Å². The van der Waals surface area contributed by atoms with Crippen molar-refractivity contribution in [3.63, 3.8) is 0 Å². The van der Waals surface area contributed by atoms with Crippen LogP contribution in [-0.4, -0.2) is 18.1 Å². The maximum Gasteiger partial charge on any atom is 0.226 e. The van der Waals surface area contributed by atoms with Crippen molar-refractivity contribution in [3.8, 4) is 17.2 Å². The average molecular weight is 377 g/mol. The first-order chi connectivity index (χ1) is 13.7. The minimum atomic E-state index is 0.297.